The summed E-state index contributed by atoms with van der Waals surface area (Å²) >= 11 is 2.14. The molecule has 9 heteroatoms. The SMILES string of the molecule is CC(C)(C)OC(=O)N1CCCCC1Cn1nc(I)c2c(N)ncnc21. The van der Waals surface area contributed by atoms with E-state index >= 15 is 0 Å². The fourth-order valence-electron chi connectivity index (χ4n) is 3.06. The molecule has 0 bridgehead atoms. The van der Waals surface area contributed by atoms with E-state index < -0.39 is 5.60 Å². The van der Waals surface area contributed by atoms with Crippen molar-refractivity contribution in [2.75, 3.05) is 12.3 Å². The summed E-state index contributed by atoms with van der Waals surface area (Å²) in [5.74, 6) is 0.424. The van der Waals surface area contributed by atoms with Crippen molar-refractivity contribution in [1.29, 1.82) is 0 Å². The van der Waals surface area contributed by atoms with Gasteiger partial charge in [-0.3, -0.25) is 0 Å². The first kappa shape index (κ1) is 18.2. The number of halogens is 1. The van der Waals surface area contributed by atoms with Crippen molar-refractivity contribution in [3.8, 4) is 0 Å². The number of piperidine rings is 1. The summed E-state index contributed by atoms with van der Waals surface area (Å²) < 4.78 is 8.16. The lowest BCUT2D eigenvalue weighted by molar-refractivity contribution is 0.00751. The topological polar surface area (TPSA) is 99.2 Å². The smallest absolute Gasteiger partial charge is 0.410 e. The van der Waals surface area contributed by atoms with Crippen molar-refractivity contribution in [3.63, 3.8) is 0 Å². The molecule has 0 saturated carbocycles. The van der Waals surface area contributed by atoms with Crippen molar-refractivity contribution in [1.82, 2.24) is 24.6 Å². The number of nitrogen functional groups attached to an aromatic ring is 1. The molecule has 1 unspecified atom stereocenters. The van der Waals surface area contributed by atoms with Gasteiger partial charge in [-0.15, -0.1) is 0 Å². The van der Waals surface area contributed by atoms with Gasteiger partial charge >= 0.3 is 6.09 Å². The van der Waals surface area contributed by atoms with Gasteiger partial charge in [-0.25, -0.2) is 19.4 Å². The number of carbonyl (C=O) groups is 1. The van der Waals surface area contributed by atoms with Crippen molar-refractivity contribution in [2.45, 2.75) is 58.2 Å². The summed E-state index contributed by atoms with van der Waals surface area (Å²) in [6.45, 7) is 6.91. The quantitative estimate of drug-likeness (QED) is 0.695. The van der Waals surface area contributed by atoms with Gasteiger partial charge in [0, 0.05) is 6.54 Å². The number of hydrogen-bond donors (Lipinski definition) is 1. The maximum atomic E-state index is 12.6. The van der Waals surface area contributed by atoms with E-state index in [0.717, 1.165) is 28.3 Å². The molecule has 0 aliphatic carbocycles. The molecule has 2 aromatic heterocycles. The van der Waals surface area contributed by atoms with E-state index in [0.29, 0.717) is 24.6 Å². The molecule has 2 aromatic rings. The Morgan fingerprint density at radius 3 is 2.88 bits per heavy atom. The number of likely N-dealkylation sites (tertiary alicyclic amines) is 1. The van der Waals surface area contributed by atoms with Crippen LogP contribution in [0.4, 0.5) is 10.6 Å². The van der Waals surface area contributed by atoms with Crippen LogP contribution in [0.5, 0.6) is 0 Å². The molecule has 3 heterocycles. The lowest BCUT2D eigenvalue weighted by Crippen LogP contribution is -2.48. The second-order valence-corrected chi connectivity index (χ2v) is 8.28. The zero-order chi connectivity index (χ0) is 18.2. The van der Waals surface area contributed by atoms with E-state index in [4.69, 9.17) is 10.5 Å². The number of aromatic nitrogens is 4. The molecule has 1 fully saturated rings. The van der Waals surface area contributed by atoms with Gasteiger partial charge < -0.3 is 15.4 Å². The van der Waals surface area contributed by atoms with Gasteiger partial charge in [-0.1, -0.05) is 0 Å². The molecular formula is C16H23IN6O2. The number of amides is 1. The molecule has 1 atom stereocenters. The molecule has 1 aliphatic rings. The third kappa shape index (κ3) is 3.96. The van der Waals surface area contributed by atoms with Crippen LogP contribution in [0.25, 0.3) is 11.0 Å². The maximum Gasteiger partial charge on any atom is 0.410 e. The standard InChI is InChI=1S/C16H23IN6O2/c1-16(2,3)25-15(24)22-7-5-4-6-10(22)8-23-14-11(12(17)21-23)13(18)19-9-20-14/h9-10H,4-8H2,1-3H3,(H2,18,19,20). The second-order valence-electron chi connectivity index (χ2n) is 7.25. The molecule has 1 aliphatic heterocycles. The van der Waals surface area contributed by atoms with E-state index in [1.54, 1.807) is 0 Å². The van der Waals surface area contributed by atoms with Crippen LogP contribution in [0.1, 0.15) is 40.0 Å². The number of hydrogen-bond acceptors (Lipinski definition) is 6. The van der Waals surface area contributed by atoms with Crippen LogP contribution in [-0.2, 0) is 11.3 Å². The fraction of sp³-hybridized carbons (Fsp3) is 0.625. The first-order valence-electron chi connectivity index (χ1n) is 8.38. The van der Waals surface area contributed by atoms with Crippen LogP contribution in [-0.4, -0.2) is 48.9 Å². The molecule has 1 amide bonds. The van der Waals surface area contributed by atoms with Gasteiger partial charge in [0.15, 0.2) is 5.65 Å². The molecule has 1 saturated heterocycles. The van der Waals surface area contributed by atoms with Crippen molar-refractivity contribution in [2.24, 2.45) is 0 Å². The largest absolute Gasteiger partial charge is 0.444 e. The first-order valence-corrected chi connectivity index (χ1v) is 9.46. The predicted molar refractivity (Wildman–Crippen MR) is 103 cm³/mol. The van der Waals surface area contributed by atoms with Crippen molar-refractivity contribution in [3.05, 3.63) is 10.0 Å². The van der Waals surface area contributed by atoms with Gasteiger partial charge in [0.1, 0.15) is 21.4 Å². The molecule has 0 aromatic carbocycles. The molecule has 0 radical (unpaired) electrons. The number of nitrogens with zero attached hydrogens (tertiary/aromatic N) is 5. The Morgan fingerprint density at radius 2 is 2.16 bits per heavy atom. The molecule has 2 N–H and O–H groups in total. The minimum atomic E-state index is -0.505. The Balaban J connectivity index is 1.85. The van der Waals surface area contributed by atoms with Gasteiger partial charge in [0.2, 0.25) is 0 Å². The fourth-order valence-corrected chi connectivity index (χ4v) is 3.84. The van der Waals surface area contributed by atoms with Crippen LogP contribution >= 0.6 is 22.6 Å². The van der Waals surface area contributed by atoms with E-state index in [2.05, 4.69) is 37.7 Å². The molecule has 0 spiro atoms. The van der Waals surface area contributed by atoms with Gasteiger partial charge in [-0.05, 0) is 62.6 Å². The number of nitrogens with two attached hydrogens (primary N) is 1. The minimum Gasteiger partial charge on any atom is -0.444 e. The van der Waals surface area contributed by atoms with Crippen molar-refractivity contribution >= 4 is 45.5 Å². The van der Waals surface area contributed by atoms with Crippen LogP contribution in [0, 0.1) is 3.70 Å². The van der Waals surface area contributed by atoms with E-state index in [-0.39, 0.29) is 12.1 Å². The van der Waals surface area contributed by atoms with E-state index in [9.17, 15) is 4.79 Å². The number of fused-ring (bicyclic) bond motifs is 1. The average molecular weight is 458 g/mol. The first-order chi connectivity index (χ1) is 11.8. The van der Waals surface area contributed by atoms with E-state index in [1.165, 1.54) is 6.33 Å². The van der Waals surface area contributed by atoms with Gasteiger partial charge in [0.05, 0.1) is 18.0 Å². The number of ether oxygens (including phenoxy) is 1. The van der Waals surface area contributed by atoms with Crippen LogP contribution in [0.3, 0.4) is 0 Å². The number of rotatable bonds is 2. The average Bonchev–Trinajstić information content (AvgIpc) is 2.83. The maximum absolute atomic E-state index is 12.6. The molecule has 3 rings (SSSR count). The third-order valence-corrected chi connectivity index (χ3v) is 4.91. The minimum absolute atomic E-state index is 0.0266. The Bertz CT molecular complexity index is 785. The molecular weight excluding hydrogens is 435 g/mol. The lowest BCUT2D eigenvalue weighted by atomic mass is 10.0. The van der Waals surface area contributed by atoms with Crippen LogP contribution in [0.2, 0.25) is 0 Å². The molecule has 25 heavy (non-hydrogen) atoms. The second kappa shape index (κ2) is 6.93. The Morgan fingerprint density at radius 1 is 1.40 bits per heavy atom. The molecule has 136 valence electrons. The zero-order valence-corrected chi connectivity index (χ0v) is 16.9. The normalized spacial score (nSPS) is 18.6. The zero-order valence-electron chi connectivity index (χ0n) is 14.7. The summed E-state index contributed by atoms with van der Waals surface area (Å²) in [7, 11) is 0. The Kier molecular flexibility index (Phi) is 5.03. The summed E-state index contributed by atoms with van der Waals surface area (Å²) in [5, 5.41) is 5.32. The van der Waals surface area contributed by atoms with Gasteiger partial charge in [0.25, 0.3) is 0 Å². The van der Waals surface area contributed by atoms with Crippen molar-refractivity contribution < 1.29 is 9.53 Å². The Labute approximate surface area is 160 Å². The Hall–Kier alpha value is -1.65. The predicted octanol–water partition coefficient (Wildman–Crippen LogP) is 2.80. The summed E-state index contributed by atoms with van der Waals surface area (Å²) in [5.41, 5.74) is 6.15. The number of anilines is 1. The number of carbonyl (C=O) groups excluding carboxylic acids is 1. The highest BCUT2D eigenvalue weighted by Gasteiger charge is 2.31. The summed E-state index contributed by atoms with van der Waals surface area (Å²) in [4.78, 5) is 22.7. The summed E-state index contributed by atoms with van der Waals surface area (Å²) in [6.07, 6.45) is 4.16. The molecule has 8 nitrogen and oxygen atoms in total. The van der Waals surface area contributed by atoms with E-state index in [1.807, 2.05) is 30.4 Å². The van der Waals surface area contributed by atoms with Crippen LogP contribution < -0.4 is 5.73 Å². The summed E-state index contributed by atoms with van der Waals surface area (Å²) in [6, 6.07) is 0.0266. The highest BCUT2D eigenvalue weighted by Crippen LogP contribution is 2.26. The lowest BCUT2D eigenvalue weighted by Gasteiger charge is -2.36. The third-order valence-electron chi connectivity index (χ3n) is 4.15. The highest BCUT2D eigenvalue weighted by atomic mass is 127. The van der Waals surface area contributed by atoms with Crippen LogP contribution in [0.15, 0.2) is 6.33 Å². The van der Waals surface area contributed by atoms with Gasteiger partial charge in [-0.2, -0.15) is 5.10 Å². The highest BCUT2D eigenvalue weighted by molar-refractivity contribution is 14.1. The monoisotopic (exact) mass is 458 g/mol.